The molecule has 1 aliphatic rings. The first-order valence-corrected chi connectivity index (χ1v) is 5.82. The Kier molecular flexibility index (Phi) is 3.31. The molecule has 2 N–H and O–H groups in total. The molecule has 0 aliphatic carbocycles. The molecular formula is C12H18FN3O. The van der Waals surface area contributed by atoms with Crippen LogP contribution >= 0.6 is 0 Å². The second-order valence-corrected chi connectivity index (χ2v) is 4.75. The molecule has 0 saturated carbocycles. The zero-order chi connectivity index (χ0) is 12.5. The van der Waals surface area contributed by atoms with Gasteiger partial charge >= 0.3 is 0 Å². The minimum Gasteiger partial charge on any atom is -0.376 e. The van der Waals surface area contributed by atoms with Crippen LogP contribution in [0.3, 0.4) is 0 Å². The largest absolute Gasteiger partial charge is 0.376 e. The van der Waals surface area contributed by atoms with Crippen LogP contribution in [-0.4, -0.2) is 35.4 Å². The van der Waals surface area contributed by atoms with Crippen LogP contribution in [0.2, 0.25) is 0 Å². The van der Waals surface area contributed by atoms with E-state index in [-0.39, 0.29) is 11.7 Å². The maximum absolute atomic E-state index is 13.6. The third kappa shape index (κ3) is 2.56. The molecule has 2 unspecified atom stereocenters. The van der Waals surface area contributed by atoms with Gasteiger partial charge in [0.05, 0.1) is 11.9 Å². The summed E-state index contributed by atoms with van der Waals surface area (Å²) in [6.07, 6.45) is 2.80. The number of aliphatic hydroxyl groups is 1. The van der Waals surface area contributed by atoms with Crippen LogP contribution in [0, 0.1) is 11.7 Å². The molecule has 0 radical (unpaired) electrons. The summed E-state index contributed by atoms with van der Waals surface area (Å²) in [5.41, 5.74) is -0.357. The lowest BCUT2D eigenvalue weighted by Crippen LogP contribution is -2.48. The van der Waals surface area contributed by atoms with E-state index in [0.29, 0.717) is 25.3 Å². The smallest absolute Gasteiger partial charge is 0.164 e. The average molecular weight is 239 g/mol. The standard InChI is InChI=1S/C12H18FN3O/c1-9-8-16(6-5-15-12(9,2)17)11-3-4-14-7-10(11)13/h3-4,7,9,15,17H,5-6,8H2,1-2H3. The van der Waals surface area contributed by atoms with Crippen LogP contribution in [0.4, 0.5) is 10.1 Å². The molecule has 1 aromatic rings. The summed E-state index contributed by atoms with van der Waals surface area (Å²) in [5.74, 6) is -0.307. The molecule has 1 saturated heterocycles. The van der Waals surface area contributed by atoms with Gasteiger partial charge in [0.2, 0.25) is 0 Å². The number of nitrogens with one attached hydrogen (secondary N) is 1. The molecule has 2 atom stereocenters. The first-order chi connectivity index (χ1) is 8.00. The van der Waals surface area contributed by atoms with Crippen molar-refractivity contribution in [1.29, 1.82) is 0 Å². The van der Waals surface area contributed by atoms with Crippen LogP contribution < -0.4 is 10.2 Å². The Labute approximate surface area is 100 Å². The second-order valence-electron chi connectivity index (χ2n) is 4.75. The number of aromatic nitrogens is 1. The number of hydrogen-bond donors (Lipinski definition) is 2. The topological polar surface area (TPSA) is 48.4 Å². The van der Waals surface area contributed by atoms with Gasteiger partial charge in [-0.15, -0.1) is 0 Å². The summed E-state index contributed by atoms with van der Waals surface area (Å²) >= 11 is 0. The molecule has 2 heterocycles. The third-order valence-electron chi connectivity index (χ3n) is 3.41. The van der Waals surface area contributed by atoms with Gasteiger partial charge in [0.1, 0.15) is 5.72 Å². The number of hydrogen-bond acceptors (Lipinski definition) is 4. The molecule has 1 aliphatic heterocycles. The lowest BCUT2D eigenvalue weighted by atomic mass is 9.99. The van der Waals surface area contributed by atoms with Gasteiger partial charge in [0, 0.05) is 31.7 Å². The van der Waals surface area contributed by atoms with Gasteiger partial charge in [-0.1, -0.05) is 6.92 Å². The molecule has 2 rings (SSSR count). The number of nitrogens with zero attached hydrogens (tertiary/aromatic N) is 2. The van der Waals surface area contributed by atoms with Crippen molar-refractivity contribution in [1.82, 2.24) is 10.3 Å². The molecule has 17 heavy (non-hydrogen) atoms. The van der Waals surface area contributed by atoms with Gasteiger partial charge in [0.15, 0.2) is 5.82 Å². The van der Waals surface area contributed by atoms with Crippen LogP contribution in [0.1, 0.15) is 13.8 Å². The SMILES string of the molecule is CC1CN(c2ccncc2F)CCNC1(C)O. The zero-order valence-corrected chi connectivity index (χ0v) is 10.2. The van der Waals surface area contributed by atoms with Crippen LogP contribution in [0.5, 0.6) is 0 Å². The molecule has 4 nitrogen and oxygen atoms in total. The van der Waals surface area contributed by atoms with Crippen molar-refractivity contribution in [3.63, 3.8) is 0 Å². The highest BCUT2D eigenvalue weighted by Crippen LogP contribution is 2.24. The molecule has 5 heteroatoms. The fourth-order valence-corrected chi connectivity index (χ4v) is 2.06. The van der Waals surface area contributed by atoms with Crippen molar-refractivity contribution >= 4 is 5.69 Å². The molecule has 0 amide bonds. The van der Waals surface area contributed by atoms with Crippen LogP contribution in [0.25, 0.3) is 0 Å². The Bertz CT molecular complexity index is 397. The summed E-state index contributed by atoms with van der Waals surface area (Å²) in [6.45, 7) is 5.61. The lowest BCUT2D eigenvalue weighted by molar-refractivity contribution is -0.0164. The van der Waals surface area contributed by atoms with E-state index in [2.05, 4.69) is 10.3 Å². The number of halogens is 1. The molecule has 1 aromatic heterocycles. The van der Waals surface area contributed by atoms with Crippen molar-refractivity contribution in [3.8, 4) is 0 Å². The Morgan fingerprint density at radius 3 is 3.12 bits per heavy atom. The third-order valence-corrected chi connectivity index (χ3v) is 3.41. The summed E-state index contributed by atoms with van der Waals surface area (Å²) in [7, 11) is 0. The minimum absolute atomic E-state index is 0.0116. The van der Waals surface area contributed by atoms with Crippen LogP contribution in [0.15, 0.2) is 18.5 Å². The maximum Gasteiger partial charge on any atom is 0.164 e. The van der Waals surface area contributed by atoms with E-state index in [9.17, 15) is 9.50 Å². The fourth-order valence-electron chi connectivity index (χ4n) is 2.06. The number of anilines is 1. The van der Waals surface area contributed by atoms with E-state index in [1.54, 1.807) is 19.2 Å². The van der Waals surface area contributed by atoms with Crippen molar-refractivity contribution < 1.29 is 9.50 Å². The molecule has 0 bridgehead atoms. The predicted molar refractivity (Wildman–Crippen MR) is 64.2 cm³/mol. The highest BCUT2D eigenvalue weighted by atomic mass is 19.1. The molecule has 94 valence electrons. The molecule has 0 aromatic carbocycles. The van der Waals surface area contributed by atoms with Crippen molar-refractivity contribution in [2.24, 2.45) is 5.92 Å². The van der Waals surface area contributed by atoms with Gasteiger partial charge in [-0.2, -0.15) is 0 Å². The van der Waals surface area contributed by atoms with Gasteiger partial charge < -0.3 is 10.0 Å². The Hall–Kier alpha value is -1.20. The molecule has 1 fully saturated rings. The first-order valence-electron chi connectivity index (χ1n) is 5.82. The Morgan fingerprint density at radius 1 is 1.65 bits per heavy atom. The quantitative estimate of drug-likeness (QED) is 0.767. The summed E-state index contributed by atoms with van der Waals surface area (Å²) in [6, 6.07) is 1.67. The van der Waals surface area contributed by atoms with Crippen molar-refractivity contribution in [3.05, 3.63) is 24.3 Å². The van der Waals surface area contributed by atoms with E-state index < -0.39 is 5.72 Å². The Morgan fingerprint density at radius 2 is 2.41 bits per heavy atom. The normalized spacial score (nSPS) is 30.1. The molecular weight excluding hydrogens is 221 g/mol. The van der Waals surface area contributed by atoms with Crippen molar-refractivity contribution in [2.45, 2.75) is 19.6 Å². The van der Waals surface area contributed by atoms with E-state index in [4.69, 9.17) is 0 Å². The van der Waals surface area contributed by atoms with Gasteiger partial charge in [-0.3, -0.25) is 10.3 Å². The van der Waals surface area contributed by atoms with E-state index in [1.807, 2.05) is 11.8 Å². The van der Waals surface area contributed by atoms with Gasteiger partial charge in [-0.25, -0.2) is 4.39 Å². The summed E-state index contributed by atoms with van der Waals surface area (Å²) < 4.78 is 13.6. The van der Waals surface area contributed by atoms with E-state index in [1.165, 1.54) is 6.20 Å². The predicted octanol–water partition coefficient (Wildman–Crippen LogP) is 0.975. The fraction of sp³-hybridized carbons (Fsp3) is 0.583. The summed E-state index contributed by atoms with van der Waals surface area (Å²) in [5, 5.41) is 13.2. The Balaban J connectivity index is 2.21. The highest BCUT2D eigenvalue weighted by molar-refractivity contribution is 5.46. The van der Waals surface area contributed by atoms with E-state index in [0.717, 1.165) is 0 Å². The lowest BCUT2D eigenvalue weighted by Gasteiger charge is -2.30. The van der Waals surface area contributed by atoms with Gasteiger partial charge in [-0.05, 0) is 13.0 Å². The molecule has 0 spiro atoms. The number of rotatable bonds is 1. The second kappa shape index (κ2) is 4.58. The zero-order valence-electron chi connectivity index (χ0n) is 10.2. The van der Waals surface area contributed by atoms with E-state index >= 15 is 0 Å². The van der Waals surface area contributed by atoms with Gasteiger partial charge in [0.25, 0.3) is 0 Å². The maximum atomic E-state index is 13.6. The first kappa shape index (κ1) is 12.3. The minimum atomic E-state index is -0.905. The highest BCUT2D eigenvalue weighted by Gasteiger charge is 2.32. The average Bonchev–Trinajstić information content (AvgIpc) is 2.40. The monoisotopic (exact) mass is 239 g/mol. The van der Waals surface area contributed by atoms with Crippen molar-refractivity contribution in [2.75, 3.05) is 24.5 Å². The van der Waals surface area contributed by atoms with Crippen LogP contribution in [-0.2, 0) is 0 Å². The summed E-state index contributed by atoms with van der Waals surface area (Å²) in [4.78, 5) is 5.68. The number of pyridine rings is 1.